The summed E-state index contributed by atoms with van der Waals surface area (Å²) in [5, 5.41) is 3.30. The number of carbonyl (C=O) groups is 2. The summed E-state index contributed by atoms with van der Waals surface area (Å²) in [6.07, 6.45) is 0.661. The van der Waals surface area contributed by atoms with E-state index in [1.54, 1.807) is 18.2 Å². The number of ether oxygens (including phenoxy) is 1. The number of thiophene rings is 1. The second-order valence-electron chi connectivity index (χ2n) is 7.35. The van der Waals surface area contributed by atoms with Crippen molar-refractivity contribution in [3.8, 4) is 5.75 Å². The number of rotatable bonds is 8. The molecule has 3 N–H and O–H groups in total. The first-order chi connectivity index (χ1) is 16.0. The molecular weight excluding hydrogens is 500 g/mol. The molecule has 3 aromatic carbocycles. The zero-order chi connectivity index (χ0) is 23.2. The number of nitrogens with one attached hydrogen (secondary N) is 1. The first-order valence-electron chi connectivity index (χ1n) is 10.2. The van der Waals surface area contributed by atoms with Crippen LogP contribution in [0.1, 0.15) is 36.7 Å². The first-order valence-corrected chi connectivity index (χ1v) is 11.8. The number of amides is 2. The van der Waals surface area contributed by atoms with Crippen molar-refractivity contribution in [3.05, 3.63) is 117 Å². The second kappa shape index (κ2) is 10.5. The van der Waals surface area contributed by atoms with Gasteiger partial charge in [-0.2, -0.15) is 0 Å². The van der Waals surface area contributed by atoms with Crippen molar-refractivity contribution in [3.63, 3.8) is 0 Å². The predicted molar refractivity (Wildman–Crippen MR) is 135 cm³/mol. The van der Waals surface area contributed by atoms with Crippen LogP contribution in [0.15, 0.2) is 89.4 Å². The molecule has 0 atom stereocenters. The van der Waals surface area contributed by atoms with E-state index in [-0.39, 0.29) is 5.91 Å². The number of primary amides is 1. The molecule has 7 heteroatoms. The summed E-state index contributed by atoms with van der Waals surface area (Å²) in [6.45, 7) is 0.379. The van der Waals surface area contributed by atoms with Crippen LogP contribution in [0.5, 0.6) is 5.75 Å². The maximum Gasteiger partial charge on any atom is 0.256 e. The Bertz CT molecular complexity index is 1270. The maximum atomic E-state index is 12.8. The monoisotopic (exact) mass is 520 g/mol. The lowest BCUT2D eigenvalue weighted by Crippen LogP contribution is -2.16. The average Bonchev–Trinajstić information content (AvgIpc) is 3.22. The number of halogens is 1. The van der Waals surface area contributed by atoms with Crippen molar-refractivity contribution in [1.82, 2.24) is 0 Å². The molecule has 0 saturated heterocycles. The summed E-state index contributed by atoms with van der Waals surface area (Å²) in [7, 11) is 0. The third-order valence-corrected chi connectivity index (χ3v) is 6.65. The zero-order valence-electron chi connectivity index (χ0n) is 17.6. The molecule has 0 bridgehead atoms. The minimum absolute atomic E-state index is 0.302. The molecule has 0 radical (unpaired) electrons. The van der Waals surface area contributed by atoms with Crippen LogP contribution in [-0.2, 0) is 13.0 Å². The molecule has 1 heterocycles. The van der Waals surface area contributed by atoms with E-state index in [0.717, 1.165) is 26.2 Å². The largest absolute Gasteiger partial charge is 0.488 e. The number of nitrogens with two attached hydrogens (primary N) is 1. The Hall–Kier alpha value is -3.42. The van der Waals surface area contributed by atoms with Crippen molar-refractivity contribution < 1.29 is 14.3 Å². The molecule has 0 aliphatic carbocycles. The summed E-state index contributed by atoms with van der Waals surface area (Å²) in [5.41, 5.74) is 8.39. The van der Waals surface area contributed by atoms with E-state index < -0.39 is 5.91 Å². The van der Waals surface area contributed by atoms with Gasteiger partial charge in [-0.15, -0.1) is 11.3 Å². The van der Waals surface area contributed by atoms with Crippen molar-refractivity contribution in [1.29, 1.82) is 0 Å². The van der Waals surface area contributed by atoms with E-state index in [2.05, 4.69) is 21.2 Å². The fourth-order valence-electron chi connectivity index (χ4n) is 3.25. The molecule has 0 aliphatic heterocycles. The highest BCUT2D eigenvalue weighted by atomic mass is 79.9. The minimum atomic E-state index is -0.569. The van der Waals surface area contributed by atoms with Crippen LogP contribution in [0.2, 0.25) is 0 Å². The number of para-hydroxylation sites is 1. The molecule has 2 amide bonds. The van der Waals surface area contributed by atoms with Crippen LogP contribution in [0.25, 0.3) is 0 Å². The highest BCUT2D eigenvalue weighted by molar-refractivity contribution is 9.10. The molecule has 0 saturated carbocycles. The van der Waals surface area contributed by atoms with Crippen LogP contribution in [0.3, 0.4) is 0 Å². The Balaban J connectivity index is 1.43. The van der Waals surface area contributed by atoms with E-state index >= 15 is 0 Å². The topological polar surface area (TPSA) is 81.4 Å². The maximum absolute atomic E-state index is 12.8. The van der Waals surface area contributed by atoms with Gasteiger partial charge in [-0.05, 0) is 57.4 Å². The van der Waals surface area contributed by atoms with Gasteiger partial charge < -0.3 is 15.8 Å². The van der Waals surface area contributed by atoms with E-state index in [0.29, 0.717) is 29.2 Å². The average molecular weight is 521 g/mol. The number of hydrogen-bond acceptors (Lipinski definition) is 4. The SMILES string of the molecule is NC(=O)c1cc(Cc2ccccc2)sc1NC(=O)c1ccc(COc2ccccc2Br)cc1. The van der Waals surface area contributed by atoms with Crippen LogP contribution < -0.4 is 15.8 Å². The van der Waals surface area contributed by atoms with Crippen molar-refractivity contribution in [2.45, 2.75) is 13.0 Å². The van der Waals surface area contributed by atoms with Gasteiger partial charge in [0.25, 0.3) is 11.8 Å². The Labute approximate surface area is 204 Å². The highest BCUT2D eigenvalue weighted by Gasteiger charge is 2.17. The van der Waals surface area contributed by atoms with Gasteiger partial charge >= 0.3 is 0 Å². The fourth-order valence-corrected chi connectivity index (χ4v) is 4.74. The van der Waals surface area contributed by atoms with Gasteiger partial charge in [-0.25, -0.2) is 0 Å². The lowest BCUT2D eigenvalue weighted by molar-refractivity contribution is 0.100. The Morgan fingerprint density at radius 3 is 2.30 bits per heavy atom. The molecule has 1 aromatic heterocycles. The minimum Gasteiger partial charge on any atom is -0.488 e. The van der Waals surface area contributed by atoms with E-state index in [4.69, 9.17) is 10.5 Å². The molecule has 166 valence electrons. The highest BCUT2D eigenvalue weighted by Crippen LogP contribution is 2.30. The molecule has 0 fully saturated rings. The summed E-state index contributed by atoms with van der Waals surface area (Å²) in [4.78, 5) is 25.7. The Kier molecular flexibility index (Phi) is 7.22. The van der Waals surface area contributed by atoms with Gasteiger partial charge in [0.1, 0.15) is 17.4 Å². The normalized spacial score (nSPS) is 10.6. The van der Waals surface area contributed by atoms with Gasteiger partial charge in [-0.3, -0.25) is 9.59 Å². The van der Waals surface area contributed by atoms with Gasteiger partial charge in [0, 0.05) is 16.9 Å². The molecule has 33 heavy (non-hydrogen) atoms. The number of hydrogen-bond donors (Lipinski definition) is 2. The van der Waals surface area contributed by atoms with Crippen molar-refractivity contribution in [2.75, 3.05) is 5.32 Å². The number of anilines is 1. The van der Waals surface area contributed by atoms with Gasteiger partial charge in [0.15, 0.2) is 0 Å². The van der Waals surface area contributed by atoms with Crippen LogP contribution >= 0.6 is 27.3 Å². The number of carbonyl (C=O) groups excluding carboxylic acids is 2. The summed E-state index contributed by atoms with van der Waals surface area (Å²) < 4.78 is 6.70. The predicted octanol–water partition coefficient (Wildman–Crippen LogP) is 6.03. The van der Waals surface area contributed by atoms with E-state index in [1.807, 2.05) is 66.7 Å². The summed E-state index contributed by atoms with van der Waals surface area (Å²) >= 11 is 4.82. The fraction of sp³-hybridized carbons (Fsp3) is 0.0769. The molecule has 4 rings (SSSR count). The molecular formula is C26H21BrN2O3S. The third-order valence-electron chi connectivity index (χ3n) is 4.94. The smallest absolute Gasteiger partial charge is 0.256 e. The molecule has 0 spiro atoms. The number of benzene rings is 3. The lowest BCUT2D eigenvalue weighted by Gasteiger charge is -2.09. The van der Waals surface area contributed by atoms with Crippen LogP contribution in [0.4, 0.5) is 5.00 Å². The van der Waals surface area contributed by atoms with Gasteiger partial charge in [0.05, 0.1) is 10.0 Å². The molecule has 0 unspecified atom stereocenters. The van der Waals surface area contributed by atoms with Gasteiger partial charge in [0.2, 0.25) is 0 Å². The Morgan fingerprint density at radius 1 is 0.909 bits per heavy atom. The molecule has 4 aromatic rings. The molecule has 5 nitrogen and oxygen atoms in total. The molecule has 0 aliphatic rings. The Morgan fingerprint density at radius 2 is 1.61 bits per heavy atom. The van der Waals surface area contributed by atoms with Gasteiger partial charge in [-0.1, -0.05) is 54.6 Å². The zero-order valence-corrected chi connectivity index (χ0v) is 20.0. The summed E-state index contributed by atoms with van der Waals surface area (Å²) in [6, 6.07) is 26.5. The van der Waals surface area contributed by atoms with Crippen LogP contribution in [-0.4, -0.2) is 11.8 Å². The van der Waals surface area contributed by atoms with Crippen molar-refractivity contribution >= 4 is 44.1 Å². The second-order valence-corrected chi connectivity index (χ2v) is 9.34. The van der Waals surface area contributed by atoms with Crippen molar-refractivity contribution in [2.24, 2.45) is 5.73 Å². The van der Waals surface area contributed by atoms with E-state index in [9.17, 15) is 9.59 Å². The standard InChI is InChI=1S/C26H21BrN2O3S/c27-22-8-4-5-9-23(22)32-16-18-10-12-19(13-11-18)25(31)29-26-21(24(28)30)15-20(33-26)14-17-6-2-1-3-7-17/h1-13,15H,14,16H2,(H2,28,30)(H,29,31). The summed E-state index contributed by atoms with van der Waals surface area (Å²) in [5.74, 6) is -0.119. The van der Waals surface area contributed by atoms with E-state index in [1.165, 1.54) is 11.3 Å². The van der Waals surface area contributed by atoms with Crippen LogP contribution in [0, 0.1) is 0 Å². The lowest BCUT2D eigenvalue weighted by atomic mass is 10.1. The first kappa shape index (κ1) is 22.8. The third kappa shape index (κ3) is 5.88. The quantitative estimate of drug-likeness (QED) is 0.297.